The summed E-state index contributed by atoms with van der Waals surface area (Å²) in [5.74, 6) is 0.698. The Hall–Kier alpha value is -1.58. The van der Waals surface area contributed by atoms with Gasteiger partial charge < -0.3 is 10.1 Å². The summed E-state index contributed by atoms with van der Waals surface area (Å²) in [5, 5.41) is 4.11. The molecule has 0 radical (unpaired) electrons. The second-order valence-electron chi connectivity index (χ2n) is 5.54. The van der Waals surface area contributed by atoms with E-state index in [0.717, 1.165) is 23.8 Å². The third-order valence-electron chi connectivity index (χ3n) is 3.52. The fraction of sp³-hybridized carbons (Fsp3) is 0.353. The summed E-state index contributed by atoms with van der Waals surface area (Å²) in [5.41, 5.74) is 3.24. The normalized spacial score (nSPS) is 14.2. The van der Waals surface area contributed by atoms with Gasteiger partial charge in [0, 0.05) is 18.8 Å². The van der Waals surface area contributed by atoms with Gasteiger partial charge in [-0.25, -0.2) is 0 Å². The minimum Gasteiger partial charge on any atom is -0.486 e. The lowest BCUT2D eigenvalue weighted by Crippen LogP contribution is -2.15. The molecule has 1 heterocycles. The fourth-order valence-corrected chi connectivity index (χ4v) is 2.36. The number of nitrogens with zero attached hydrogens (tertiary/aromatic N) is 1. The first kappa shape index (κ1) is 14.4. The van der Waals surface area contributed by atoms with Crippen LogP contribution in [0.2, 0.25) is 5.02 Å². The van der Waals surface area contributed by atoms with Crippen LogP contribution >= 0.6 is 11.6 Å². The number of nitrogens with one attached hydrogen (secondary N) is 1. The molecule has 1 saturated carbocycles. The van der Waals surface area contributed by atoms with Crippen molar-refractivity contribution in [1.82, 2.24) is 10.3 Å². The molecule has 1 aromatic carbocycles. The maximum Gasteiger partial charge on any atom is 0.138 e. The van der Waals surface area contributed by atoms with Crippen molar-refractivity contribution in [2.24, 2.45) is 0 Å². The van der Waals surface area contributed by atoms with Crippen LogP contribution in [0.1, 0.15) is 29.7 Å². The zero-order chi connectivity index (χ0) is 14.7. The zero-order valence-electron chi connectivity index (χ0n) is 12.1. The maximum atomic E-state index is 6.14. The first-order chi connectivity index (χ1) is 10.2. The Bertz CT molecular complexity index is 609. The Balaban J connectivity index is 1.54. The van der Waals surface area contributed by atoms with E-state index >= 15 is 0 Å². The number of hydrogen-bond acceptors (Lipinski definition) is 3. The summed E-state index contributed by atoms with van der Waals surface area (Å²) in [6.07, 6.45) is 4.51. The van der Waals surface area contributed by atoms with Gasteiger partial charge in [0.15, 0.2) is 0 Å². The molecule has 0 atom stereocenters. The van der Waals surface area contributed by atoms with Crippen LogP contribution in [0.25, 0.3) is 0 Å². The SMILES string of the molecule is Cc1ccc(OCc2ccc(CNC3CC3)cn2)c(Cl)c1. The highest BCUT2D eigenvalue weighted by atomic mass is 35.5. The molecule has 1 aromatic heterocycles. The van der Waals surface area contributed by atoms with E-state index in [4.69, 9.17) is 16.3 Å². The van der Waals surface area contributed by atoms with Crippen molar-refractivity contribution in [1.29, 1.82) is 0 Å². The van der Waals surface area contributed by atoms with Crippen molar-refractivity contribution < 1.29 is 4.74 Å². The first-order valence-electron chi connectivity index (χ1n) is 7.27. The van der Waals surface area contributed by atoms with E-state index in [-0.39, 0.29) is 0 Å². The zero-order valence-corrected chi connectivity index (χ0v) is 12.9. The number of aryl methyl sites for hydroxylation is 1. The van der Waals surface area contributed by atoms with Crippen LogP contribution in [-0.4, -0.2) is 11.0 Å². The maximum absolute atomic E-state index is 6.14. The van der Waals surface area contributed by atoms with E-state index in [0.29, 0.717) is 17.4 Å². The first-order valence-corrected chi connectivity index (χ1v) is 7.64. The van der Waals surface area contributed by atoms with Gasteiger partial charge in [0.25, 0.3) is 0 Å². The van der Waals surface area contributed by atoms with Gasteiger partial charge in [-0.3, -0.25) is 4.98 Å². The van der Waals surface area contributed by atoms with Gasteiger partial charge in [0.1, 0.15) is 12.4 Å². The minimum atomic E-state index is 0.430. The second kappa shape index (κ2) is 6.46. The molecule has 3 rings (SSSR count). The molecule has 0 aliphatic heterocycles. The monoisotopic (exact) mass is 302 g/mol. The summed E-state index contributed by atoms with van der Waals surface area (Å²) in [6.45, 7) is 3.33. The predicted molar refractivity (Wildman–Crippen MR) is 84.6 cm³/mol. The lowest BCUT2D eigenvalue weighted by Gasteiger charge is -2.09. The predicted octanol–water partition coefficient (Wildman–Crippen LogP) is 3.87. The van der Waals surface area contributed by atoms with Crippen molar-refractivity contribution in [3.8, 4) is 5.75 Å². The third-order valence-corrected chi connectivity index (χ3v) is 3.82. The van der Waals surface area contributed by atoms with Crippen molar-refractivity contribution >= 4 is 11.6 Å². The van der Waals surface area contributed by atoms with Crippen molar-refractivity contribution in [3.63, 3.8) is 0 Å². The molecule has 1 aliphatic carbocycles. The molecule has 1 N–H and O–H groups in total. The van der Waals surface area contributed by atoms with Crippen LogP contribution in [0.5, 0.6) is 5.75 Å². The highest BCUT2D eigenvalue weighted by Crippen LogP contribution is 2.25. The molecule has 0 amide bonds. The molecule has 0 saturated heterocycles. The molecule has 0 bridgehead atoms. The average Bonchev–Trinajstić information content (AvgIpc) is 3.30. The van der Waals surface area contributed by atoms with E-state index in [2.05, 4.69) is 16.4 Å². The van der Waals surface area contributed by atoms with Crippen LogP contribution in [0.15, 0.2) is 36.5 Å². The van der Waals surface area contributed by atoms with Gasteiger partial charge in [-0.2, -0.15) is 0 Å². The topological polar surface area (TPSA) is 34.1 Å². The van der Waals surface area contributed by atoms with E-state index in [1.54, 1.807) is 0 Å². The summed E-state index contributed by atoms with van der Waals surface area (Å²) >= 11 is 6.14. The highest BCUT2D eigenvalue weighted by Gasteiger charge is 2.19. The lowest BCUT2D eigenvalue weighted by atomic mass is 10.2. The summed E-state index contributed by atoms with van der Waals surface area (Å²) in [4.78, 5) is 4.43. The molecule has 21 heavy (non-hydrogen) atoms. The van der Waals surface area contributed by atoms with Crippen LogP contribution in [0.3, 0.4) is 0 Å². The van der Waals surface area contributed by atoms with Crippen LogP contribution in [0.4, 0.5) is 0 Å². The van der Waals surface area contributed by atoms with Crippen LogP contribution in [0, 0.1) is 6.92 Å². The minimum absolute atomic E-state index is 0.430. The largest absolute Gasteiger partial charge is 0.486 e. The smallest absolute Gasteiger partial charge is 0.138 e. The molecule has 0 unspecified atom stereocenters. The number of aromatic nitrogens is 1. The summed E-state index contributed by atoms with van der Waals surface area (Å²) in [6, 6.07) is 10.6. The molecule has 0 spiro atoms. The molecule has 2 aromatic rings. The van der Waals surface area contributed by atoms with Crippen molar-refractivity contribution in [3.05, 3.63) is 58.4 Å². The molecule has 1 aliphatic rings. The number of benzene rings is 1. The Morgan fingerprint density at radius 2 is 2.14 bits per heavy atom. The number of halogens is 1. The summed E-state index contributed by atoms with van der Waals surface area (Å²) in [7, 11) is 0. The molecular formula is C17H19ClN2O. The van der Waals surface area contributed by atoms with E-state index in [1.165, 1.54) is 18.4 Å². The Labute approximate surface area is 130 Å². The van der Waals surface area contributed by atoms with Gasteiger partial charge in [-0.1, -0.05) is 23.7 Å². The molecule has 1 fully saturated rings. The fourth-order valence-electron chi connectivity index (χ4n) is 2.07. The van der Waals surface area contributed by atoms with Gasteiger partial charge in [-0.05, 0) is 49.1 Å². The summed E-state index contributed by atoms with van der Waals surface area (Å²) < 4.78 is 5.72. The average molecular weight is 303 g/mol. The molecule has 110 valence electrons. The Kier molecular flexibility index (Phi) is 4.42. The lowest BCUT2D eigenvalue weighted by molar-refractivity contribution is 0.301. The second-order valence-corrected chi connectivity index (χ2v) is 5.94. The van der Waals surface area contributed by atoms with Crippen molar-refractivity contribution in [2.75, 3.05) is 0 Å². The molecule has 4 heteroatoms. The van der Waals surface area contributed by atoms with Gasteiger partial charge in [-0.15, -0.1) is 0 Å². The highest BCUT2D eigenvalue weighted by molar-refractivity contribution is 6.32. The molecule has 3 nitrogen and oxygen atoms in total. The standard InChI is InChI=1S/C17H19ClN2O/c1-12-2-7-17(16(18)8-12)21-11-15-4-3-13(10-20-15)9-19-14-5-6-14/h2-4,7-8,10,14,19H,5-6,9,11H2,1H3. The number of ether oxygens (including phenoxy) is 1. The van der Waals surface area contributed by atoms with Crippen LogP contribution < -0.4 is 10.1 Å². The van der Waals surface area contributed by atoms with Gasteiger partial charge in [0.05, 0.1) is 10.7 Å². The number of rotatable bonds is 6. The van der Waals surface area contributed by atoms with Crippen LogP contribution in [-0.2, 0) is 13.2 Å². The third kappa shape index (κ3) is 4.19. The van der Waals surface area contributed by atoms with Crippen molar-refractivity contribution in [2.45, 2.75) is 39.0 Å². The van der Waals surface area contributed by atoms with Gasteiger partial charge in [0.2, 0.25) is 0 Å². The Morgan fingerprint density at radius 3 is 2.81 bits per heavy atom. The van der Waals surface area contributed by atoms with E-state index in [1.807, 2.05) is 37.4 Å². The number of hydrogen-bond donors (Lipinski definition) is 1. The van der Waals surface area contributed by atoms with E-state index < -0.39 is 0 Å². The van der Waals surface area contributed by atoms with Gasteiger partial charge >= 0.3 is 0 Å². The Morgan fingerprint density at radius 1 is 1.29 bits per heavy atom. The molecular weight excluding hydrogens is 284 g/mol. The quantitative estimate of drug-likeness (QED) is 0.879. The van der Waals surface area contributed by atoms with E-state index in [9.17, 15) is 0 Å². The number of pyridine rings is 1.